The van der Waals surface area contributed by atoms with Crippen LogP contribution < -0.4 is 11.2 Å². The maximum Gasteiger partial charge on any atom is 0.327 e. The zero-order valence-electron chi connectivity index (χ0n) is 9.98. The van der Waals surface area contributed by atoms with Gasteiger partial charge in [-0.25, -0.2) is 13.9 Å². The van der Waals surface area contributed by atoms with E-state index in [4.69, 9.17) is 11.6 Å². The summed E-state index contributed by atoms with van der Waals surface area (Å²) in [4.78, 5) is 27.4. The van der Waals surface area contributed by atoms with Crippen LogP contribution in [0.4, 0.5) is 4.39 Å². The maximum absolute atomic E-state index is 13.7. The number of hydrogen-bond acceptors (Lipinski definition) is 3. The van der Waals surface area contributed by atoms with Crippen LogP contribution in [-0.4, -0.2) is 19.7 Å². The summed E-state index contributed by atoms with van der Waals surface area (Å²) in [5, 5.41) is 4.45. The van der Waals surface area contributed by atoms with E-state index < -0.39 is 17.1 Å². The van der Waals surface area contributed by atoms with Crippen molar-refractivity contribution in [3.8, 4) is 0 Å². The molecule has 0 amide bonds. The lowest BCUT2D eigenvalue weighted by Crippen LogP contribution is -2.22. The van der Waals surface area contributed by atoms with Gasteiger partial charge in [0.15, 0.2) is 0 Å². The van der Waals surface area contributed by atoms with Crippen molar-refractivity contribution in [2.75, 3.05) is 0 Å². The molecule has 3 rings (SSSR count). The molecule has 0 aliphatic heterocycles. The lowest BCUT2D eigenvalue weighted by molar-refractivity contribution is 0.589. The molecule has 0 unspecified atom stereocenters. The van der Waals surface area contributed by atoms with Crippen LogP contribution in [0.15, 0.2) is 34.0 Å². The fraction of sp³-hybridized carbons (Fsp3) is 0.0833. The van der Waals surface area contributed by atoms with E-state index in [1.807, 2.05) is 0 Å². The van der Waals surface area contributed by atoms with Crippen LogP contribution in [0.25, 0.3) is 11.0 Å². The maximum atomic E-state index is 13.7. The highest BCUT2D eigenvalue weighted by molar-refractivity contribution is 6.31. The molecule has 0 radical (unpaired) electrons. The molecule has 0 fully saturated rings. The summed E-state index contributed by atoms with van der Waals surface area (Å²) in [6.45, 7) is 0.00833. The van der Waals surface area contributed by atoms with Gasteiger partial charge in [-0.1, -0.05) is 17.7 Å². The molecule has 6 nitrogen and oxygen atoms in total. The SMILES string of the molecule is O=c1[nH]c(=O)c2cnn(Cc3c(F)cccc3Cl)c2[nH]1. The van der Waals surface area contributed by atoms with Gasteiger partial charge >= 0.3 is 5.69 Å². The molecule has 1 aromatic carbocycles. The highest BCUT2D eigenvalue weighted by atomic mass is 35.5. The minimum absolute atomic E-state index is 0.00833. The Morgan fingerprint density at radius 3 is 2.85 bits per heavy atom. The first kappa shape index (κ1) is 12.6. The number of fused-ring (bicyclic) bond motifs is 1. The van der Waals surface area contributed by atoms with Gasteiger partial charge < -0.3 is 0 Å². The summed E-state index contributed by atoms with van der Waals surface area (Å²) >= 11 is 5.94. The average Bonchev–Trinajstić information content (AvgIpc) is 2.77. The van der Waals surface area contributed by atoms with Crippen molar-refractivity contribution in [3.05, 3.63) is 61.6 Å². The van der Waals surface area contributed by atoms with Crippen LogP contribution in [0.5, 0.6) is 0 Å². The van der Waals surface area contributed by atoms with Crippen LogP contribution in [0.1, 0.15) is 5.56 Å². The third-order valence-corrected chi connectivity index (χ3v) is 3.27. The number of rotatable bonds is 2. The standard InChI is InChI=1S/C12H8ClFN4O2/c13-8-2-1-3-9(14)7(8)5-18-10-6(4-15-18)11(19)17-12(20)16-10/h1-4H,5H2,(H2,16,17,19,20). The van der Waals surface area contributed by atoms with Gasteiger partial charge in [-0.15, -0.1) is 0 Å². The molecule has 0 saturated heterocycles. The lowest BCUT2D eigenvalue weighted by Gasteiger charge is -2.06. The van der Waals surface area contributed by atoms with E-state index in [0.717, 1.165) is 0 Å². The summed E-state index contributed by atoms with van der Waals surface area (Å²) < 4.78 is 15.1. The van der Waals surface area contributed by atoms with Crippen molar-refractivity contribution in [2.24, 2.45) is 0 Å². The number of H-pyrrole nitrogens is 2. The van der Waals surface area contributed by atoms with Gasteiger partial charge in [0.25, 0.3) is 5.56 Å². The van der Waals surface area contributed by atoms with Crippen LogP contribution in [0, 0.1) is 5.82 Å². The lowest BCUT2D eigenvalue weighted by atomic mass is 10.2. The molecule has 8 heteroatoms. The van der Waals surface area contributed by atoms with Crippen molar-refractivity contribution in [1.82, 2.24) is 19.7 Å². The molecule has 102 valence electrons. The Kier molecular flexibility index (Phi) is 2.90. The smallest absolute Gasteiger partial charge is 0.292 e. The Hall–Kier alpha value is -2.41. The molecule has 3 aromatic rings. The first-order valence-corrected chi connectivity index (χ1v) is 6.05. The van der Waals surface area contributed by atoms with Gasteiger partial charge in [0.1, 0.15) is 16.9 Å². The number of aromatic amines is 2. The highest BCUT2D eigenvalue weighted by Crippen LogP contribution is 2.20. The highest BCUT2D eigenvalue weighted by Gasteiger charge is 2.12. The predicted octanol–water partition coefficient (Wildman–Crippen LogP) is 1.25. The van der Waals surface area contributed by atoms with E-state index in [1.54, 1.807) is 6.07 Å². The molecule has 0 bridgehead atoms. The zero-order chi connectivity index (χ0) is 14.3. The summed E-state index contributed by atoms with van der Waals surface area (Å²) in [6.07, 6.45) is 1.30. The molecule has 0 saturated carbocycles. The van der Waals surface area contributed by atoms with E-state index in [0.29, 0.717) is 0 Å². The second-order valence-corrected chi connectivity index (χ2v) is 4.58. The monoisotopic (exact) mass is 294 g/mol. The van der Waals surface area contributed by atoms with Crippen LogP contribution >= 0.6 is 11.6 Å². The van der Waals surface area contributed by atoms with Gasteiger partial charge in [0.05, 0.1) is 12.7 Å². The van der Waals surface area contributed by atoms with Crippen LogP contribution in [-0.2, 0) is 6.54 Å². The minimum Gasteiger partial charge on any atom is -0.292 e. The average molecular weight is 295 g/mol. The van der Waals surface area contributed by atoms with Crippen molar-refractivity contribution in [1.29, 1.82) is 0 Å². The largest absolute Gasteiger partial charge is 0.327 e. The summed E-state index contributed by atoms with van der Waals surface area (Å²) in [5.74, 6) is -0.478. The topological polar surface area (TPSA) is 83.5 Å². The van der Waals surface area contributed by atoms with Crippen molar-refractivity contribution in [2.45, 2.75) is 6.54 Å². The normalized spacial score (nSPS) is 11.1. The molecule has 0 aliphatic rings. The van der Waals surface area contributed by atoms with Crippen LogP contribution in [0.3, 0.4) is 0 Å². The van der Waals surface area contributed by atoms with Crippen molar-refractivity contribution >= 4 is 22.6 Å². The first-order valence-electron chi connectivity index (χ1n) is 5.67. The van der Waals surface area contributed by atoms with Crippen molar-refractivity contribution in [3.63, 3.8) is 0 Å². The van der Waals surface area contributed by atoms with E-state index in [2.05, 4.69) is 15.1 Å². The molecule has 0 spiro atoms. The van der Waals surface area contributed by atoms with E-state index >= 15 is 0 Å². The molecule has 2 aromatic heterocycles. The number of hydrogen-bond donors (Lipinski definition) is 2. The van der Waals surface area contributed by atoms with Crippen molar-refractivity contribution < 1.29 is 4.39 Å². The fourth-order valence-corrected chi connectivity index (χ4v) is 2.17. The summed E-state index contributed by atoms with van der Waals surface area (Å²) in [7, 11) is 0. The minimum atomic E-state index is -0.649. The Balaban J connectivity index is 2.17. The Bertz CT molecular complexity index is 891. The summed E-state index contributed by atoms with van der Waals surface area (Å²) in [5.41, 5.74) is -0.739. The number of nitrogens with zero attached hydrogens (tertiary/aromatic N) is 2. The van der Waals surface area contributed by atoms with E-state index in [1.165, 1.54) is 23.0 Å². The fourth-order valence-electron chi connectivity index (χ4n) is 1.95. The van der Waals surface area contributed by atoms with Gasteiger partial charge in [0.2, 0.25) is 0 Å². The zero-order valence-corrected chi connectivity index (χ0v) is 10.7. The molecule has 2 N–H and O–H groups in total. The third kappa shape index (κ3) is 2.01. The quantitative estimate of drug-likeness (QED) is 0.746. The van der Waals surface area contributed by atoms with Gasteiger partial charge in [0, 0.05) is 10.6 Å². The number of nitrogens with one attached hydrogen (secondary N) is 2. The van der Waals surface area contributed by atoms with E-state index in [9.17, 15) is 14.0 Å². The van der Waals surface area contributed by atoms with Gasteiger partial charge in [-0.3, -0.25) is 14.8 Å². The van der Waals surface area contributed by atoms with Gasteiger partial charge in [-0.2, -0.15) is 5.10 Å². The number of halogens is 2. The molecular formula is C12H8ClFN4O2. The predicted molar refractivity (Wildman–Crippen MR) is 71.5 cm³/mol. The second-order valence-electron chi connectivity index (χ2n) is 4.17. The van der Waals surface area contributed by atoms with Gasteiger partial charge in [-0.05, 0) is 12.1 Å². The first-order chi connectivity index (χ1) is 9.56. The number of aromatic nitrogens is 4. The molecule has 0 aliphatic carbocycles. The molecule has 2 heterocycles. The Morgan fingerprint density at radius 2 is 2.10 bits per heavy atom. The van der Waals surface area contributed by atoms with Crippen LogP contribution in [0.2, 0.25) is 5.02 Å². The second kappa shape index (κ2) is 4.61. The number of benzene rings is 1. The molecule has 0 atom stereocenters. The third-order valence-electron chi connectivity index (χ3n) is 2.91. The Morgan fingerprint density at radius 1 is 1.30 bits per heavy atom. The summed E-state index contributed by atoms with van der Waals surface area (Å²) in [6, 6.07) is 4.33. The molecular weight excluding hydrogens is 287 g/mol. The van der Waals surface area contributed by atoms with E-state index in [-0.39, 0.29) is 28.2 Å². The molecule has 20 heavy (non-hydrogen) atoms. The Labute approximate surface area is 115 Å².